The van der Waals surface area contributed by atoms with Crippen molar-refractivity contribution in [2.45, 2.75) is 17.9 Å². The molecule has 7 heteroatoms. The third kappa shape index (κ3) is 4.87. The van der Waals surface area contributed by atoms with Crippen LogP contribution in [-0.2, 0) is 20.8 Å². The number of nitrogens with one attached hydrogen (secondary N) is 1. The van der Waals surface area contributed by atoms with Crippen molar-refractivity contribution in [3.63, 3.8) is 0 Å². The molecule has 2 atom stereocenters. The van der Waals surface area contributed by atoms with Crippen LogP contribution in [0.25, 0.3) is 0 Å². The van der Waals surface area contributed by atoms with E-state index in [1.165, 1.54) is 12.1 Å². The largest absolute Gasteiger partial charge is 0.260 e. The van der Waals surface area contributed by atoms with E-state index < -0.39 is 20.8 Å². The van der Waals surface area contributed by atoms with E-state index in [0.29, 0.717) is 10.2 Å². The number of benzene rings is 1. The number of halogens is 1. The fraction of sp³-hybridized carbons (Fsp3) is 0.400. The van der Waals surface area contributed by atoms with Gasteiger partial charge in [-0.15, -0.1) is 0 Å². The van der Waals surface area contributed by atoms with Crippen LogP contribution in [-0.4, -0.2) is 30.7 Å². The van der Waals surface area contributed by atoms with E-state index in [2.05, 4.69) is 20.7 Å². The van der Waals surface area contributed by atoms with Gasteiger partial charge in [0, 0.05) is 33.3 Å². The van der Waals surface area contributed by atoms with E-state index in [0.717, 1.165) is 0 Å². The zero-order valence-corrected chi connectivity index (χ0v) is 12.7. The van der Waals surface area contributed by atoms with E-state index in [-0.39, 0.29) is 10.9 Å². The lowest BCUT2D eigenvalue weighted by atomic mass is 10.4. The molecule has 0 aliphatic heterocycles. The third-order valence-electron chi connectivity index (χ3n) is 1.95. The summed E-state index contributed by atoms with van der Waals surface area (Å²) in [4.78, 5) is 0.195. The average molecular weight is 340 g/mol. The second kappa shape index (κ2) is 6.08. The minimum Gasteiger partial charge on any atom is -0.260 e. The first-order valence-corrected chi connectivity index (χ1v) is 8.89. The monoisotopic (exact) mass is 339 g/mol. The Kier molecular flexibility index (Phi) is 5.30. The fourth-order valence-electron chi connectivity index (χ4n) is 1.35. The molecule has 0 aliphatic rings. The second-order valence-corrected chi connectivity index (χ2v) is 7.83. The van der Waals surface area contributed by atoms with Crippen molar-refractivity contribution in [2.75, 3.05) is 12.0 Å². The van der Waals surface area contributed by atoms with Crippen molar-refractivity contribution in [3.8, 4) is 0 Å². The summed E-state index contributed by atoms with van der Waals surface area (Å²) >= 11 is 3.22. The van der Waals surface area contributed by atoms with Crippen molar-refractivity contribution in [3.05, 3.63) is 28.7 Å². The van der Waals surface area contributed by atoms with Gasteiger partial charge in [0.1, 0.15) is 0 Å². The smallest absolute Gasteiger partial charge is 0.240 e. The van der Waals surface area contributed by atoms with Gasteiger partial charge >= 0.3 is 0 Å². The lowest BCUT2D eigenvalue weighted by Crippen LogP contribution is -2.36. The van der Waals surface area contributed by atoms with Gasteiger partial charge in [-0.05, 0) is 25.1 Å². The van der Waals surface area contributed by atoms with Crippen LogP contribution in [0.15, 0.2) is 33.6 Å². The molecule has 4 nitrogen and oxygen atoms in total. The van der Waals surface area contributed by atoms with Crippen LogP contribution in [0.4, 0.5) is 0 Å². The molecule has 17 heavy (non-hydrogen) atoms. The van der Waals surface area contributed by atoms with Crippen molar-refractivity contribution in [1.29, 1.82) is 0 Å². The Morgan fingerprint density at radius 2 is 2.12 bits per heavy atom. The topological polar surface area (TPSA) is 63.2 Å². The Morgan fingerprint density at radius 1 is 1.47 bits per heavy atom. The summed E-state index contributed by atoms with van der Waals surface area (Å²) in [6, 6.07) is 6.09. The molecule has 0 saturated heterocycles. The van der Waals surface area contributed by atoms with E-state index in [9.17, 15) is 12.6 Å². The number of rotatable bonds is 5. The molecule has 0 amide bonds. The van der Waals surface area contributed by atoms with Crippen molar-refractivity contribution in [2.24, 2.45) is 0 Å². The summed E-state index contributed by atoms with van der Waals surface area (Å²) in [6.07, 6.45) is 1.55. The molecule has 1 rings (SSSR count). The fourth-order valence-corrected chi connectivity index (χ4v) is 4.09. The van der Waals surface area contributed by atoms with Gasteiger partial charge in [-0.1, -0.05) is 22.0 Å². The Bertz CT molecular complexity index is 516. The third-order valence-corrected chi connectivity index (χ3v) is 5.00. The van der Waals surface area contributed by atoms with Gasteiger partial charge in [-0.2, -0.15) is 0 Å². The molecular weight excluding hydrogens is 326 g/mol. The van der Waals surface area contributed by atoms with E-state index in [1.807, 2.05) is 0 Å². The highest BCUT2D eigenvalue weighted by atomic mass is 79.9. The summed E-state index contributed by atoms with van der Waals surface area (Å²) in [5.74, 6) is 0.299. The Hall–Kier alpha value is -0.240. The predicted octanol–water partition coefficient (Wildman–Crippen LogP) is 1.49. The molecular formula is C10H14BrNO3S2. The lowest BCUT2D eigenvalue weighted by molar-refractivity contribution is 0.570. The highest BCUT2D eigenvalue weighted by Crippen LogP contribution is 2.16. The average Bonchev–Trinajstić information content (AvgIpc) is 2.15. The molecule has 0 aliphatic carbocycles. The number of hydrogen-bond donors (Lipinski definition) is 1. The van der Waals surface area contributed by atoms with E-state index in [4.69, 9.17) is 0 Å². The summed E-state index contributed by atoms with van der Waals surface area (Å²) in [5.41, 5.74) is 0. The van der Waals surface area contributed by atoms with Crippen LogP contribution < -0.4 is 4.72 Å². The Morgan fingerprint density at radius 3 is 2.65 bits per heavy atom. The molecule has 96 valence electrons. The molecule has 0 spiro atoms. The minimum absolute atomic E-state index is 0.195. The number of hydrogen-bond acceptors (Lipinski definition) is 3. The van der Waals surface area contributed by atoms with Crippen molar-refractivity contribution < 1.29 is 12.6 Å². The van der Waals surface area contributed by atoms with Crippen LogP contribution in [0.1, 0.15) is 6.92 Å². The molecule has 0 heterocycles. The van der Waals surface area contributed by atoms with Crippen LogP contribution in [0.3, 0.4) is 0 Å². The first-order valence-electron chi connectivity index (χ1n) is 4.89. The van der Waals surface area contributed by atoms with Gasteiger partial charge in [-0.25, -0.2) is 13.1 Å². The molecule has 0 aromatic heterocycles. The number of sulfonamides is 1. The van der Waals surface area contributed by atoms with E-state index in [1.54, 1.807) is 25.3 Å². The van der Waals surface area contributed by atoms with Crippen LogP contribution in [0, 0.1) is 0 Å². The molecule has 0 fully saturated rings. The van der Waals surface area contributed by atoms with Crippen LogP contribution in [0.2, 0.25) is 0 Å². The zero-order valence-electron chi connectivity index (χ0n) is 9.51. The normalized spacial score (nSPS) is 15.5. The lowest BCUT2D eigenvalue weighted by Gasteiger charge is -2.13. The van der Waals surface area contributed by atoms with Gasteiger partial charge in [0.2, 0.25) is 10.0 Å². The first-order chi connectivity index (χ1) is 7.81. The molecule has 1 aromatic rings. The van der Waals surface area contributed by atoms with Gasteiger partial charge in [0.25, 0.3) is 0 Å². The van der Waals surface area contributed by atoms with Gasteiger partial charge < -0.3 is 0 Å². The maximum Gasteiger partial charge on any atom is 0.240 e. The SMILES string of the molecule is CC(CS(C)=O)NS(=O)(=O)c1cccc(Br)c1. The van der Waals surface area contributed by atoms with E-state index >= 15 is 0 Å². The summed E-state index contributed by atoms with van der Waals surface area (Å²) in [7, 11) is -4.57. The highest BCUT2D eigenvalue weighted by molar-refractivity contribution is 9.10. The highest BCUT2D eigenvalue weighted by Gasteiger charge is 2.17. The maximum atomic E-state index is 11.9. The first kappa shape index (κ1) is 14.8. The predicted molar refractivity (Wildman–Crippen MR) is 72.9 cm³/mol. The zero-order chi connectivity index (χ0) is 13.1. The molecule has 0 radical (unpaired) electrons. The van der Waals surface area contributed by atoms with Crippen LogP contribution in [0.5, 0.6) is 0 Å². The maximum absolute atomic E-state index is 11.9. The molecule has 2 unspecified atom stereocenters. The summed E-state index contributed by atoms with van der Waals surface area (Å²) in [6.45, 7) is 1.69. The molecule has 0 bridgehead atoms. The van der Waals surface area contributed by atoms with Crippen LogP contribution >= 0.6 is 15.9 Å². The summed E-state index contributed by atoms with van der Waals surface area (Å²) in [5, 5.41) is 0. The molecule has 1 aromatic carbocycles. The quantitative estimate of drug-likeness (QED) is 0.883. The minimum atomic E-state index is -3.54. The van der Waals surface area contributed by atoms with Crippen molar-refractivity contribution in [1.82, 2.24) is 4.72 Å². The van der Waals surface area contributed by atoms with Gasteiger partial charge in [0.15, 0.2) is 0 Å². The van der Waals surface area contributed by atoms with Gasteiger partial charge in [0.05, 0.1) is 4.90 Å². The standard InChI is InChI=1S/C10H14BrNO3S2/c1-8(7-16(2)13)12-17(14,15)10-5-3-4-9(11)6-10/h3-6,8,12H,7H2,1-2H3. The Balaban J connectivity index is 2.86. The Labute approximate surface area is 112 Å². The molecule has 0 saturated carbocycles. The second-order valence-electron chi connectivity index (χ2n) is 3.72. The summed E-state index contributed by atoms with van der Waals surface area (Å²) < 4.78 is 38.1. The molecule has 1 N–H and O–H groups in total. The van der Waals surface area contributed by atoms with Gasteiger partial charge in [-0.3, -0.25) is 4.21 Å². The van der Waals surface area contributed by atoms with Crippen molar-refractivity contribution >= 4 is 36.8 Å².